The molecule has 0 atom stereocenters. The summed E-state index contributed by atoms with van der Waals surface area (Å²) in [7, 11) is 0. The average molecular weight is 343 g/mol. The Labute approximate surface area is 148 Å². The minimum Gasteiger partial charge on any atom is -0.492 e. The minimum absolute atomic E-state index is 0.0348. The number of rotatable bonds is 8. The predicted molar refractivity (Wildman–Crippen MR) is 103 cm³/mol. The van der Waals surface area contributed by atoms with E-state index in [9.17, 15) is 4.79 Å². The number of ether oxygens (including phenoxy) is 1. The number of para-hydroxylation sites is 1. The van der Waals surface area contributed by atoms with E-state index >= 15 is 0 Å². The Morgan fingerprint density at radius 1 is 1.17 bits per heavy atom. The highest BCUT2D eigenvalue weighted by Crippen LogP contribution is 2.19. The molecule has 0 bridgehead atoms. The van der Waals surface area contributed by atoms with E-state index in [1.165, 1.54) is 5.56 Å². The molecule has 0 aromatic heterocycles. The molecule has 0 radical (unpaired) electrons. The van der Waals surface area contributed by atoms with Crippen molar-refractivity contribution < 1.29 is 9.53 Å². The summed E-state index contributed by atoms with van der Waals surface area (Å²) in [6.45, 7) is 6.79. The SMILES string of the molecule is CCc1ccccc1NC(=O)CSCCOc1cc(C)ccc1C. The smallest absolute Gasteiger partial charge is 0.234 e. The third-order valence-electron chi connectivity index (χ3n) is 3.73. The number of amides is 1. The molecule has 0 saturated heterocycles. The molecule has 0 fully saturated rings. The van der Waals surface area contributed by atoms with Crippen LogP contribution in [0.15, 0.2) is 42.5 Å². The van der Waals surface area contributed by atoms with E-state index in [-0.39, 0.29) is 5.91 Å². The molecule has 0 heterocycles. The topological polar surface area (TPSA) is 38.3 Å². The van der Waals surface area contributed by atoms with Gasteiger partial charge in [0, 0.05) is 11.4 Å². The van der Waals surface area contributed by atoms with Crippen LogP contribution in [0.4, 0.5) is 5.69 Å². The Bertz CT molecular complexity index is 685. The second-order valence-electron chi connectivity index (χ2n) is 5.73. The molecule has 0 spiro atoms. The molecule has 0 saturated carbocycles. The number of thioether (sulfide) groups is 1. The second-order valence-corrected chi connectivity index (χ2v) is 6.83. The number of hydrogen-bond acceptors (Lipinski definition) is 3. The summed E-state index contributed by atoms with van der Waals surface area (Å²) in [6.07, 6.45) is 0.910. The maximum atomic E-state index is 12.0. The highest BCUT2D eigenvalue weighted by atomic mass is 32.2. The zero-order valence-electron chi connectivity index (χ0n) is 14.6. The van der Waals surface area contributed by atoms with E-state index in [0.29, 0.717) is 12.4 Å². The fourth-order valence-electron chi connectivity index (χ4n) is 2.38. The van der Waals surface area contributed by atoms with Crippen LogP contribution >= 0.6 is 11.8 Å². The van der Waals surface area contributed by atoms with Crippen LogP contribution in [0, 0.1) is 13.8 Å². The monoisotopic (exact) mass is 343 g/mol. The van der Waals surface area contributed by atoms with Gasteiger partial charge in [0.15, 0.2) is 0 Å². The van der Waals surface area contributed by atoms with Crippen molar-refractivity contribution in [3.63, 3.8) is 0 Å². The maximum absolute atomic E-state index is 12.0. The molecule has 1 N–H and O–H groups in total. The van der Waals surface area contributed by atoms with Crippen molar-refractivity contribution >= 4 is 23.4 Å². The van der Waals surface area contributed by atoms with Gasteiger partial charge in [-0.15, -0.1) is 11.8 Å². The van der Waals surface area contributed by atoms with Crippen LogP contribution in [-0.4, -0.2) is 24.0 Å². The van der Waals surface area contributed by atoms with Crippen LogP contribution in [0.5, 0.6) is 5.75 Å². The van der Waals surface area contributed by atoms with Gasteiger partial charge in [-0.1, -0.05) is 37.3 Å². The number of anilines is 1. The summed E-state index contributed by atoms with van der Waals surface area (Å²) >= 11 is 1.59. The Balaban J connectivity index is 1.70. The van der Waals surface area contributed by atoms with Crippen LogP contribution in [-0.2, 0) is 11.2 Å². The Morgan fingerprint density at radius 2 is 1.96 bits per heavy atom. The summed E-state index contributed by atoms with van der Waals surface area (Å²) < 4.78 is 5.80. The largest absolute Gasteiger partial charge is 0.492 e. The maximum Gasteiger partial charge on any atom is 0.234 e. The van der Waals surface area contributed by atoms with Crippen molar-refractivity contribution in [3.8, 4) is 5.75 Å². The zero-order valence-corrected chi connectivity index (χ0v) is 15.4. The lowest BCUT2D eigenvalue weighted by Gasteiger charge is -2.11. The summed E-state index contributed by atoms with van der Waals surface area (Å²) in [6, 6.07) is 14.1. The standard InChI is InChI=1S/C20H25NO2S/c1-4-17-7-5-6-8-18(17)21-20(22)14-24-12-11-23-19-13-15(2)9-10-16(19)3/h5-10,13H,4,11-12,14H2,1-3H3,(H,21,22). The van der Waals surface area contributed by atoms with E-state index in [2.05, 4.69) is 31.3 Å². The molecule has 0 aliphatic heterocycles. The van der Waals surface area contributed by atoms with E-state index in [1.54, 1.807) is 11.8 Å². The lowest BCUT2D eigenvalue weighted by molar-refractivity contribution is -0.113. The molecule has 2 aromatic rings. The Kier molecular flexibility index (Phi) is 7.19. The molecule has 3 nitrogen and oxygen atoms in total. The minimum atomic E-state index is 0.0348. The summed E-state index contributed by atoms with van der Waals surface area (Å²) in [4.78, 5) is 12.0. The number of carbonyl (C=O) groups excluding carboxylic acids is 1. The van der Waals surface area contributed by atoms with Crippen molar-refractivity contribution in [1.29, 1.82) is 0 Å². The summed E-state index contributed by atoms with van der Waals surface area (Å²) in [5, 5.41) is 2.99. The van der Waals surface area contributed by atoms with E-state index in [0.717, 1.165) is 34.7 Å². The molecule has 2 aromatic carbocycles. The van der Waals surface area contributed by atoms with Gasteiger partial charge in [-0.05, 0) is 49.1 Å². The number of hydrogen-bond donors (Lipinski definition) is 1. The van der Waals surface area contributed by atoms with Gasteiger partial charge in [-0.2, -0.15) is 0 Å². The van der Waals surface area contributed by atoms with Gasteiger partial charge in [-0.25, -0.2) is 0 Å². The second kappa shape index (κ2) is 9.38. The molecule has 128 valence electrons. The van der Waals surface area contributed by atoms with Gasteiger partial charge in [-0.3, -0.25) is 4.79 Å². The van der Waals surface area contributed by atoms with Crippen molar-refractivity contribution in [2.45, 2.75) is 27.2 Å². The molecule has 4 heteroatoms. The number of nitrogens with one attached hydrogen (secondary N) is 1. The third-order valence-corrected chi connectivity index (χ3v) is 4.66. The van der Waals surface area contributed by atoms with Crippen molar-refractivity contribution in [2.75, 3.05) is 23.4 Å². The van der Waals surface area contributed by atoms with E-state index in [4.69, 9.17) is 4.74 Å². The van der Waals surface area contributed by atoms with Crippen molar-refractivity contribution in [2.24, 2.45) is 0 Å². The first-order chi connectivity index (χ1) is 11.6. The van der Waals surface area contributed by atoms with Gasteiger partial charge >= 0.3 is 0 Å². The first-order valence-corrected chi connectivity index (χ1v) is 9.41. The Hall–Kier alpha value is -1.94. The molecule has 1 amide bonds. The predicted octanol–water partition coefficient (Wildman–Crippen LogP) is 4.62. The number of benzene rings is 2. The molecule has 0 unspecified atom stereocenters. The van der Waals surface area contributed by atoms with E-state index in [1.807, 2.05) is 37.3 Å². The van der Waals surface area contributed by atoms with Crippen LogP contribution in [0.25, 0.3) is 0 Å². The number of carbonyl (C=O) groups is 1. The van der Waals surface area contributed by atoms with Crippen LogP contribution < -0.4 is 10.1 Å². The molecule has 0 aliphatic carbocycles. The van der Waals surface area contributed by atoms with Crippen molar-refractivity contribution in [3.05, 3.63) is 59.2 Å². The summed E-state index contributed by atoms with van der Waals surface area (Å²) in [5.74, 6) is 2.19. The lowest BCUT2D eigenvalue weighted by atomic mass is 10.1. The summed E-state index contributed by atoms with van der Waals surface area (Å²) in [5.41, 5.74) is 4.41. The molecular formula is C20H25NO2S. The van der Waals surface area contributed by atoms with Gasteiger partial charge < -0.3 is 10.1 Å². The van der Waals surface area contributed by atoms with Gasteiger partial charge in [0.05, 0.1) is 12.4 Å². The molecule has 2 rings (SSSR count). The van der Waals surface area contributed by atoms with E-state index < -0.39 is 0 Å². The first kappa shape index (κ1) is 18.4. The third kappa shape index (κ3) is 5.60. The van der Waals surface area contributed by atoms with Crippen LogP contribution in [0.1, 0.15) is 23.6 Å². The van der Waals surface area contributed by atoms with Crippen molar-refractivity contribution in [1.82, 2.24) is 0 Å². The Morgan fingerprint density at radius 3 is 2.75 bits per heavy atom. The fraction of sp³-hybridized carbons (Fsp3) is 0.350. The lowest BCUT2D eigenvalue weighted by Crippen LogP contribution is -2.16. The van der Waals surface area contributed by atoms with Crippen LogP contribution in [0.3, 0.4) is 0 Å². The van der Waals surface area contributed by atoms with Crippen LogP contribution in [0.2, 0.25) is 0 Å². The highest BCUT2D eigenvalue weighted by molar-refractivity contribution is 7.99. The molecule has 24 heavy (non-hydrogen) atoms. The fourth-order valence-corrected chi connectivity index (χ4v) is 2.98. The first-order valence-electron chi connectivity index (χ1n) is 8.25. The highest BCUT2D eigenvalue weighted by Gasteiger charge is 2.06. The quantitative estimate of drug-likeness (QED) is 0.711. The number of aryl methyl sites for hydroxylation is 3. The average Bonchev–Trinajstić information content (AvgIpc) is 2.58. The zero-order chi connectivity index (χ0) is 17.4. The molecule has 0 aliphatic rings. The molecular weight excluding hydrogens is 318 g/mol. The van der Waals surface area contributed by atoms with Gasteiger partial charge in [0.2, 0.25) is 5.91 Å². The van der Waals surface area contributed by atoms with Gasteiger partial charge in [0.1, 0.15) is 5.75 Å². The van der Waals surface area contributed by atoms with Gasteiger partial charge in [0.25, 0.3) is 0 Å². The normalized spacial score (nSPS) is 10.5.